The summed E-state index contributed by atoms with van der Waals surface area (Å²) in [4.78, 5) is 0. The first kappa shape index (κ1) is 16.8. The molecule has 2 nitrogen and oxygen atoms in total. The van der Waals surface area contributed by atoms with Gasteiger partial charge in [-0.3, -0.25) is 0 Å². The first-order chi connectivity index (χ1) is 10.3. The second-order valence-electron chi connectivity index (χ2n) is 6.67. The summed E-state index contributed by atoms with van der Waals surface area (Å²) in [5.74, 6) is 1.77. The molecule has 0 radical (unpaired) electrons. The molecule has 0 N–H and O–H groups in total. The van der Waals surface area contributed by atoms with Gasteiger partial charge >= 0.3 is 0 Å². The van der Waals surface area contributed by atoms with E-state index in [2.05, 4.69) is 45.4 Å². The SMILES string of the molecule is CC(C)(C)S(C)(C)Oc1ccc(OCc2ccccc2)cc1. The van der Waals surface area contributed by atoms with E-state index in [9.17, 15) is 0 Å². The van der Waals surface area contributed by atoms with Crippen molar-refractivity contribution in [1.29, 1.82) is 0 Å². The van der Waals surface area contributed by atoms with Gasteiger partial charge in [0.2, 0.25) is 0 Å². The smallest absolute Gasteiger partial charge is 0.135 e. The van der Waals surface area contributed by atoms with Gasteiger partial charge in [0.15, 0.2) is 0 Å². The Morgan fingerprint density at radius 3 is 1.91 bits per heavy atom. The quantitative estimate of drug-likeness (QED) is 0.732. The molecule has 0 fully saturated rings. The van der Waals surface area contributed by atoms with Gasteiger partial charge in [-0.25, -0.2) is 0 Å². The van der Waals surface area contributed by atoms with E-state index in [0.717, 1.165) is 11.5 Å². The molecule has 3 heteroatoms. The van der Waals surface area contributed by atoms with Crippen molar-refractivity contribution in [2.45, 2.75) is 32.1 Å². The van der Waals surface area contributed by atoms with E-state index >= 15 is 0 Å². The topological polar surface area (TPSA) is 18.5 Å². The highest BCUT2D eigenvalue weighted by Gasteiger charge is 2.29. The molecule has 0 bridgehead atoms. The summed E-state index contributed by atoms with van der Waals surface area (Å²) in [6.45, 7) is 7.25. The van der Waals surface area contributed by atoms with Gasteiger partial charge in [-0.1, -0.05) is 40.6 Å². The van der Waals surface area contributed by atoms with Crippen LogP contribution in [0, 0.1) is 0 Å². The van der Waals surface area contributed by atoms with E-state index in [1.165, 1.54) is 5.56 Å². The predicted molar refractivity (Wildman–Crippen MR) is 97.0 cm³/mol. The van der Waals surface area contributed by atoms with Gasteiger partial charge in [0.05, 0.1) is 0 Å². The molecule has 0 heterocycles. The first-order valence-electron chi connectivity index (χ1n) is 7.47. The van der Waals surface area contributed by atoms with Crippen molar-refractivity contribution in [1.82, 2.24) is 0 Å². The minimum Gasteiger partial charge on any atom is -0.489 e. The lowest BCUT2D eigenvalue weighted by molar-refractivity contribution is 0.306. The Morgan fingerprint density at radius 2 is 1.36 bits per heavy atom. The highest BCUT2D eigenvalue weighted by molar-refractivity contribution is 8.30. The Labute approximate surface area is 136 Å². The Balaban J connectivity index is 1.96. The maximum atomic E-state index is 6.21. The zero-order chi connectivity index (χ0) is 16.2. The highest BCUT2D eigenvalue weighted by Crippen LogP contribution is 2.53. The molecule has 0 saturated heterocycles. The lowest BCUT2D eigenvalue weighted by Crippen LogP contribution is -2.27. The van der Waals surface area contributed by atoms with Crippen LogP contribution in [0.25, 0.3) is 0 Å². The van der Waals surface area contributed by atoms with E-state index in [1.54, 1.807) is 0 Å². The number of hydrogen-bond donors (Lipinski definition) is 0. The number of ether oxygens (including phenoxy) is 1. The van der Waals surface area contributed by atoms with Crippen molar-refractivity contribution >= 4 is 10.3 Å². The second kappa shape index (κ2) is 6.66. The largest absolute Gasteiger partial charge is 0.489 e. The Hall–Kier alpha value is -1.61. The van der Waals surface area contributed by atoms with E-state index in [1.807, 2.05) is 42.5 Å². The maximum absolute atomic E-state index is 6.21. The van der Waals surface area contributed by atoms with Crippen LogP contribution in [0.1, 0.15) is 26.3 Å². The summed E-state index contributed by atoms with van der Waals surface area (Å²) in [7, 11) is -1.16. The molecule has 0 aliphatic rings. The average molecular weight is 318 g/mol. The zero-order valence-corrected chi connectivity index (χ0v) is 14.9. The molecule has 0 atom stereocenters. The molecular formula is C19H26O2S. The average Bonchev–Trinajstić information content (AvgIpc) is 2.46. The molecule has 0 aliphatic heterocycles. The summed E-state index contributed by atoms with van der Waals surface area (Å²) in [5, 5.41) is 0. The van der Waals surface area contributed by atoms with Gasteiger partial charge < -0.3 is 8.92 Å². The molecule has 2 aromatic rings. The molecule has 0 unspecified atom stereocenters. The van der Waals surface area contributed by atoms with Crippen molar-refractivity contribution in [3.05, 3.63) is 60.2 Å². The molecule has 22 heavy (non-hydrogen) atoms. The maximum Gasteiger partial charge on any atom is 0.135 e. The highest BCUT2D eigenvalue weighted by atomic mass is 32.3. The summed E-state index contributed by atoms with van der Waals surface area (Å²) in [6.07, 6.45) is 4.40. The molecule has 0 spiro atoms. The predicted octanol–water partition coefficient (Wildman–Crippen LogP) is 5.42. The Kier molecular flexibility index (Phi) is 5.07. The molecular weight excluding hydrogens is 292 g/mol. The molecule has 0 saturated carbocycles. The summed E-state index contributed by atoms with van der Waals surface area (Å²) in [6, 6.07) is 18.1. The number of hydrogen-bond acceptors (Lipinski definition) is 2. The van der Waals surface area contributed by atoms with E-state index in [0.29, 0.717) is 6.61 Å². The molecule has 2 rings (SSSR count). The summed E-state index contributed by atoms with van der Waals surface area (Å²) >= 11 is 0. The van der Waals surface area contributed by atoms with Gasteiger partial charge in [-0.05, 0) is 63.1 Å². The van der Waals surface area contributed by atoms with Crippen molar-refractivity contribution in [3.63, 3.8) is 0 Å². The fraction of sp³-hybridized carbons (Fsp3) is 0.368. The van der Waals surface area contributed by atoms with Crippen LogP contribution in [-0.2, 0) is 6.61 Å². The summed E-state index contributed by atoms with van der Waals surface area (Å²) < 4.78 is 12.2. The van der Waals surface area contributed by atoms with Crippen molar-refractivity contribution in [2.24, 2.45) is 0 Å². The van der Waals surface area contributed by atoms with Crippen molar-refractivity contribution in [3.8, 4) is 11.5 Å². The second-order valence-corrected chi connectivity index (χ2v) is 10.5. The van der Waals surface area contributed by atoms with Gasteiger partial charge in [0, 0.05) is 4.75 Å². The fourth-order valence-corrected chi connectivity index (χ4v) is 2.54. The van der Waals surface area contributed by atoms with Crippen LogP contribution in [-0.4, -0.2) is 17.3 Å². The standard InChI is InChI=1S/C19H26O2S/c1-19(2,3)22(4,5)21-18-13-11-17(12-14-18)20-15-16-9-7-6-8-10-16/h6-14H,15H2,1-5H3. The van der Waals surface area contributed by atoms with Crippen LogP contribution in [0.5, 0.6) is 11.5 Å². The minimum atomic E-state index is -1.16. The fourth-order valence-electron chi connectivity index (χ4n) is 1.70. The van der Waals surface area contributed by atoms with E-state index in [-0.39, 0.29) is 4.75 Å². The van der Waals surface area contributed by atoms with Gasteiger partial charge in [0.1, 0.15) is 18.1 Å². The van der Waals surface area contributed by atoms with Crippen molar-refractivity contribution in [2.75, 3.05) is 12.5 Å². The molecule has 120 valence electrons. The van der Waals surface area contributed by atoms with Crippen LogP contribution in [0.3, 0.4) is 0 Å². The number of benzene rings is 2. The van der Waals surface area contributed by atoms with Gasteiger partial charge in [-0.2, -0.15) is 0 Å². The molecule has 0 aromatic heterocycles. The van der Waals surface area contributed by atoms with Crippen molar-refractivity contribution < 1.29 is 8.92 Å². The monoisotopic (exact) mass is 318 g/mol. The lowest BCUT2D eigenvalue weighted by atomic mass is 10.2. The normalized spacial score (nSPS) is 12.8. The van der Waals surface area contributed by atoms with Crippen LogP contribution in [0.2, 0.25) is 0 Å². The van der Waals surface area contributed by atoms with Crippen LogP contribution in [0.15, 0.2) is 54.6 Å². The summed E-state index contributed by atoms with van der Waals surface area (Å²) in [5.41, 5.74) is 1.17. The Morgan fingerprint density at radius 1 is 0.818 bits per heavy atom. The molecule has 2 aromatic carbocycles. The first-order valence-corrected chi connectivity index (χ1v) is 9.84. The third-order valence-corrected chi connectivity index (χ3v) is 7.41. The number of rotatable bonds is 5. The van der Waals surface area contributed by atoms with E-state index in [4.69, 9.17) is 8.92 Å². The zero-order valence-electron chi connectivity index (χ0n) is 14.1. The minimum absolute atomic E-state index is 0.148. The third kappa shape index (κ3) is 4.44. The Bertz CT molecular complexity index is 583. The van der Waals surface area contributed by atoms with Crippen LogP contribution >= 0.6 is 10.3 Å². The molecule has 0 amide bonds. The van der Waals surface area contributed by atoms with Crippen LogP contribution in [0.4, 0.5) is 0 Å². The molecule has 0 aliphatic carbocycles. The van der Waals surface area contributed by atoms with E-state index < -0.39 is 10.3 Å². The van der Waals surface area contributed by atoms with Crippen LogP contribution < -0.4 is 8.92 Å². The third-order valence-electron chi connectivity index (χ3n) is 3.85. The van der Waals surface area contributed by atoms with Gasteiger partial charge in [0.25, 0.3) is 0 Å². The van der Waals surface area contributed by atoms with Gasteiger partial charge in [-0.15, -0.1) is 0 Å². The lowest BCUT2D eigenvalue weighted by Gasteiger charge is -2.43.